The van der Waals surface area contributed by atoms with Gasteiger partial charge >= 0.3 is 0 Å². The SMILES string of the molecule is CC(Oc1ccc(Cl)cc1)C(=O)NCC1(O)CCCCCC1. The van der Waals surface area contributed by atoms with Gasteiger partial charge in [-0.05, 0) is 44.0 Å². The Balaban J connectivity index is 1.81. The van der Waals surface area contributed by atoms with Crippen molar-refractivity contribution in [3.8, 4) is 5.75 Å². The number of hydrogen-bond acceptors (Lipinski definition) is 3. The van der Waals surface area contributed by atoms with Crippen LogP contribution >= 0.6 is 11.6 Å². The van der Waals surface area contributed by atoms with E-state index in [9.17, 15) is 9.90 Å². The predicted octanol–water partition coefficient (Wildman–Crippen LogP) is 3.31. The molecule has 5 heteroatoms. The van der Waals surface area contributed by atoms with Crippen molar-refractivity contribution in [3.05, 3.63) is 29.3 Å². The van der Waals surface area contributed by atoms with Crippen LogP contribution in [0.4, 0.5) is 0 Å². The van der Waals surface area contributed by atoms with Gasteiger partial charge in [0.1, 0.15) is 5.75 Å². The van der Waals surface area contributed by atoms with Gasteiger partial charge in [0.2, 0.25) is 0 Å². The van der Waals surface area contributed by atoms with Crippen molar-refractivity contribution in [1.82, 2.24) is 5.32 Å². The smallest absolute Gasteiger partial charge is 0.260 e. The van der Waals surface area contributed by atoms with Crippen LogP contribution < -0.4 is 10.1 Å². The van der Waals surface area contributed by atoms with Crippen molar-refractivity contribution >= 4 is 17.5 Å². The second-order valence-corrected chi connectivity index (χ2v) is 6.51. The molecule has 0 saturated heterocycles. The largest absolute Gasteiger partial charge is 0.481 e. The molecule has 0 radical (unpaired) electrons. The fourth-order valence-electron chi connectivity index (χ4n) is 2.73. The molecular formula is C17H24ClNO3. The van der Waals surface area contributed by atoms with Crippen LogP contribution in [0.2, 0.25) is 5.02 Å². The lowest BCUT2D eigenvalue weighted by molar-refractivity contribution is -0.128. The first-order valence-electron chi connectivity index (χ1n) is 7.91. The van der Waals surface area contributed by atoms with Crippen molar-refractivity contribution in [3.63, 3.8) is 0 Å². The number of hydrogen-bond donors (Lipinski definition) is 2. The van der Waals surface area contributed by atoms with Crippen molar-refractivity contribution in [2.45, 2.75) is 57.2 Å². The van der Waals surface area contributed by atoms with E-state index in [-0.39, 0.29) is 5.91 Å². The molecule has 1 aromatic rings. The van der Waals surface area contributed by atoms with Gasteiger partial charge in [0.05, 0.1) is 5.60 Å². The van der Waals surface area contributed by atoms with Gasteiger partial charge in [-0.25, -0.2) is 0 Å². The van der Waals surface area contributed by atoms with Crippen LogP contribution in [0.5, 0.6) is 5.75 Å². The van der Waals surface area contributed by atoms with Crippen LogP contribution in [0, 0.1) is 0 Å². The molecule has 1 atom stereocenters. The number of aliphatic hydroxyl groups is 1. The van der Waals surface area contributed by atoms with E-state index >= 15 is 0 Å². The van der Waals surface area contributed by atoms with Crippen LogP contribution in [0.3, 0.4) is 0 Å². The maximum atomic E-state index is 12.1. The Hall–Kier alpha value is -1.26. The van der Waals surface area contributed by atoms with Crippen molar-refractivity contribution in [2.75, 3.05) is 6.54 Å². The highest BCUT2D eigenvalue weighted by atomic mass is 35.5. The highest BCUT2D eigenvalue weighted by Gasteiger charge is 2.29. The van der Waals surface area contributed by atoms with E-state index in [0.717, 1.165) is 38.5 Å². The van der Waals surface area contributed by atoms with Crippen molar-refractivity contribution < 1.29 is 14.6 Å². The molecule has 1 saturated carbocycles. The number of carbonyl (C=O) groups is 1. The summed E-state index contributed by atoms with van der Waals surface area (Å²) in [5.41, 5.74) is -0.772. The molecule has 2 N–H and O–H groups in total. The zero-order chi connectivity index (χ0) is 16.0. The number of carbonyl (C=O) groups excluding carboxylic acids is 1. The number of amides is 1. The number of ether oxygens (including phenoxy) is 1. The third-order valence-corrected chi connectivity index (χ3v) is 4.37. The summed E-state index contributed by atoms with van der Waals surface area (Å²) in [5, 5.41) is 14.0. The molecule has 0 bridgehead atoms. The molecule has 0 heterocycles. The zero-order valence-electron chi connectivity index (χ0n) is 13.0. The standard InChI is InChI=1S/C17H24ClNO3/c1-13(22-15-8-6-14(18)7-9-15)16(20)19-12-17(21)10-4-2-3-5-11-17/h6-9,13,21H,2-5,10-12H2,1H3,(H,19,20). The summed E-state index contributed by atoms with van der Waals surface area (Å²) in [5.74, 6) is 0.382. The lowest BCUT2D eigenvalue weighted by atomic mass is 9.94. The minimum Gasteiger partial charge on any atom is -0.481 e. The molecule has 122 valence electrons. The molecule has 0 aliphatic heterocycles. The maximum absolute atomic E-state index is 12.1. The lowest BCUT2D eigenvalue weighted by Gasteiger charge is -2.27. The average Bonchev–Trinajstić information content (AvgIpc) is 2.72. The topological polar surface area (TPSA) is 58.6 Å². The van der Waals surface area contributed by atoms with E-state index in [2.05, 4.69) is 5.32 Å². The van der Waals surface area contributed by atoms with E-state index < -0.39 is 11.7 Å². The Kier molecular flexibility index (Phi) is 6.09. The third kappa shape index (κ3) is 5.18. The molecule has 1 aliphatic carbocycles. The van der Waals surface area contributed by atoms with E-state index in [1.807, 2.05) is 0 Å². The summed E-state index contributed by atoms with van der Waals surface area (Å²) in [7, 11) is 0. The Morgan fingerprint density at radius 1 is 1.27 bits per heavy atom. The molecule has 0 spiro atoms. The first-order valence-corrected chi connectivity index (χ1v) is 8.29. The molecule has 1 fully saturated rings. The third-order valence-electron chi connectivity index (χ3n) is 4.12. The minimum absolute atomic E-state index is 0.215. The predicted molar refractivity (Wildman–Crippen MR) is 87.2 cm³/mol. The van der Waals surface area contributed by atoms with Crippen LogP contribution in [0.25, 0.3) is 0 Å². The van der Waals surface area contributed by atoms with Gasteiger partial charge < -0.3 is 15.2 Å². The molecule has 4 nitrogen and oxygen atoms in total. The van der Waals surface area contributed by atoms with Crippen LogP contribution in [0.15, 0.2) is 24.3 Å². The molecule has 22 heavy (non-hydrogen) atoms. The molecule has 1 unspecified atom stereocenters. The summed E-state index contributed by atoms with van der Waals surface area (Å²) in [6.45, 7) is 1.99. The fourth-order valence-corrected chi connectivity index (χ4v) is 2.86. The minimum atomic E-state index is -0.772. The van der Waals surface area contributed by atoms with E-state index in [1.165, 1.54) is 0 Å². The summed E-state index contributed by atoms with van der Waals surface area (Å²) >= 11 is 5.81. The molecular weight excluding hydrogens is 302 g/mol. The van der Waals surface area contributed by atoms with Crippen LogP contribution in [0.1, 0.15) is 45.4 Å². The summed E-state index contributed by atoms with van der Waals surface area (Å²) in [6, 6.07) is 6.89. The van der Waals surface area contributed by atoms with Crippen LogP contribution in [-0.4, -0.2) is 29.3 Å². The van der Waals surface area contributed by atoms with Gasteiger partial charge in [-0.15, -0.1) is 0 Å². The molecule has 2 rings (SSSR count). The van der Waals surface area contributed by atoms with E-state index in [1.54, 1.807) is 31.2 Å². The quantitative estimate of drug-likeness (QED) is 0.817. The number of rotatable bonds is 5. The Labute approximate surface area is 136 Å². The number of halogens is 1. The number of nitrogens with one attached hydrogen (secondary N) is 1. The highest BCUT2D eigenvalue weighted by molar-refractivity contribution is 6.30. The van der Waals surface area contributed by atoms with Gasteiger partial charge in [0.25, 0.3) is 5.91 Å². The van der Waals surface area contributed by atoms with E-state index in [4.69, 9.17) is 16.3 Å². The second kappa shape index (κ2) is 7.84. The number of benzene rings is 1. The van der Waals surface area contributed by atoms with Gasteiger partial charge in [0.15, 0.2) is 6.10 Å². The first kappa shape index (κ1) is 17.1. The molecule has 0 aromatic heterocycles. The van der Waals surface area contributed by atoms with Crippen LogP contribution in [-0.2, 0) is 4.79 Å². The second-order valence-electron chi connectivity index (χ2n) is 6.07. The normalized spacial score (nSPS) is 19.0. The van der Waals surface area contributed by atoms with Crippen molar-refractivity contribution in [1.29, 1.82) is 0 Å². The molecule has 1 aromatic carbocycles. The summed E-state index contributed by atoms with van der Waals surface area (Å²) in [6.07, 6.45) is 5.24. The fraction of sp³-hybridized carbons (Fsp3) is 0.588. The molecule has 1 amide bonds. The summed E-state index contributed by atoms with van der Waals surface area (Å²) in [4.78, 5) is 12.1. The monoisotopic (exact) mass is 325 g/mol. The van der Waals surface area contributed by atoms with Gasteiger partial charge in [-0.3, -0.25) is 4.79 Å². The van der Waals surface area contributed by atoms with E-state index in [0.29, 0.717) is 17.3 Å². The van der Waals surface area contributed by atoms with Gasteiger partial charge in [0, 0.05) is 11.6 Å². The van der Waals surface area contributed by atoms with Crippen molar-refractivity contribution in [2.24, 2.45) is 0 Å². The maximum Gasteiger partial charge on any atom is 0.260 e. The lowest BCUT2D eigenvalue weighted by Crippen LogP contribution is -2.46. The first-order chi connectivity index (χ1) is 10.5. The Morgan fingerprint density at radius 2 is 1.86 bits per heavy atom. The molecule has 1 aliphatic rings. The average molecular weight is 326 g/mol. The summed E-state index contributed by atoms with van der Waals surface area (Å²) < 4.78 is 5.58. The Bertz CT molecular complexity index is 481. The zero-order valence-corrected chi connectivity index (χ0v) is 13.7. The van der Waals surface area contributed by atoms with Gasteiger partial charge in [-0.2, -0.15) is 0 Å². The Morgan fingerprint density at radius 3 is 2.45 bits per heavy atom. The highest BCUT2D eigenvalue weighted by Crippen LogP contribution is 2.26. The van der Waals surface area contributed by atoms with Gasteiger partial charge in [-0.1, -0.05) is 37.3 Å².